The molecule has 1 aliphatic heterocycles. The molecule has 166 valence electrons. The summed E-state index contributed by atoms with van der Waals surface area (Å²) in [5, 5.41) is 8.55. The third-order valence-electron chi connectivity index (χ3n) is 5.95. The van der Waals surface area contributed by atoms with Crippen LogP contribution in [0.3, 0.4) is 0 Å². The van der Waals surface area contributed by atoms with Crippen LogP contribution in [-0.2, 0) is 22.7 Å². The highest BCUT2D eigenvalue weighted by molar-refractivity contribution is 7.13. The van der Waals surface area contributed by atoms with Gasteiger partial charge in [-0.2, -0.15) is 0 Å². The molecule has 8 heteroatoms. The van der Waals surface area contributed by atoms with E-state index in [1.165, 1.54) is 30.6 Å². The Labute approximate surface area is 187 Å². The molecule has 1 saturated heterocycles. The number of likely N-dealkylation sites (tertiary alicyclic amines) is 1. The van der Waals surface area contributed by atoms with Gasteiger partial charge in [0.25, 0.3) is 0 Å². The number of rotatable bonds is 7. The summed E-state index contributed by atoms with van der Waals surface area (Å²) in [6, 6.07) is 9.55. The lowest BCUT2D eigenvalue weighted by molar-refractivity contribution is -0.119. The van der Waals surface area contributed by atoms with Crippen LogP contribution in [-0.4, -0.2) is 41.0 Å². The lowest BCUT2D eigenvalue weighted by Crippen LogP contribution is -2.34. The van der Waals surface area contributed by atoms with Gasteiger partial charge < -0.3 is 15.4 Å². The maximum atomic E-state index is 12.7. The fourth-order valence-corrected chi connectivity index (χ4v) is 4.98. The lowest BCUT2D eigenvalue weighted by atomic mass is 10.1. The molecule has 2 aliphatic rings. The minimum atomic E-state index is -0.433. The predicted octanol–water partition coefficient (Wildman–Crippen LogP) is 4.16. The molecular weight excluding hydrogens is 412 g/mol. The zero-order valence-corrected chi connectivity index (χ0v) is 18.5. The van der Waals surface area contributed by atoms with Crippen molar-refractivity contribution in [2.24, 2.45) is 5.92 Å². The zero-order chi connectivity index (χ0) is 21.5. The number of ether oxygens (including phenoxy) is 1. The van der Waals surface area contributed by atoms with E-state index >= 15 is 0 Å². The van der Waals surface area contributed by atoms with Crippen molar-refractivity contribution in [3.05, 3.63) is 47.0 Å². The Kier molecular flexibility index (Phi) is 7.53. The van der Waals surface area contributed by atoms with Gasteiger partial charge in [0.05, 0.1) is 5.69 Å². The van der Waals surface area contributed by atoms with Gasteiger partial charge in [0.1, 0.15) is 6.61 Å². The molecular formula is C23H30N4O3S. The van der Waals surface area contributed by atoms with Gasteiger partial charge >= 0.3 is 6.09 Å². The summed E-state index contributed by atoms with van der Waals surface area (Å²) in [6.07, 6.45) is 5.54. The van der Waals surface area contributed by atoms with E-state index in [0.717, 1.165) is 43.7 Å². The van der Waals surface area contributed by atoms with Crippen LogP contribution in [0.4, 0.5) is 9.93 Å². The second kappa shape index (κ2) is 10.7. The van der Waals surface area contributed by atoms with Crippen molar-refractivity contribution >= 4 is 28.5 Å². The molecule has 2 N–H and O–H groups in total. The average molecular weight is 443 g/mol. The number of hydrogen-bond donors (Lipinski definition) is 2. The van der Waals surface area contributed by atoms with Gasteiger partial charge in [0, 0.05) is 23.9 Å². The molecule has 2 amide bonds. The number of carbonyl (C=O) groups excluding carboxylic acids is 2. The normalized spacial score (nSPS) is 21.5. The first kappa shape index (κ1) is 21.8. The fourth-order valence-electron chi connectivity index (χ4n) is 4.27. The summed E-state index contributed by atoms with van der Waals surface area (Å²) in [5.74, 6) is -0.130. The number of carbonyl (C=O) groups is 2. The molecule has 2 heterocycles. The van der Waals surface area contributed by atoms with E-state index in [1.807, 2.05) is 35.7 Å². The van der Waals surface area contributed by atoms with Gasteiger partial charge in [-0.15, -0.1) is 11.3 Å². The van der Waals surface area contributed by atoms with Crippen LogP contribution in [0.15, 0.2) is 35.7 Å². The van der Waals surface area contributed by atoms with Gasteiger partial charge in [-0.1, -0.05) is 36.8 Å². The molecule has 4 rings (SSSR count). The van der Waals surface area contributed by atoms with Crippen LogP contribution in [0.1, 0.15) is 49.8 Å². The van der Waals surface area contributed by atoms with Gasteiger partial charge in [-0.25, -0.2) is 9.78 Å². The molecule has 2 aromatic rings. The molecule has 0 radical (unpaired) electrons. The summed E-state index contributed by atoms with van der Waals surface area (Å²) in [4.78, 5) is 31.7. The van der Waals surface area contributed by atoms with Crippen molar-refractivity contribution in [2.45, 2.75) is 57.7 Å². The number of piperidine rings is 1. The van der Waals surface area contributed by atoms with E-state index in [-0.39, 0.29) is 24.5 Å². The van der Waals surface area contributed by atoms with Gasteiger partial charge in [0.15, 0.2) is 5.13 Å². The number of nitrogens with zero attached hydrogens (tertiary/aromatic N) is 2. The Morgan fingerprint density at radius 3 is 2.74 bits per heavy atom. The summed E-state index contributed by atoms with van der Waals surface area (Å²) in [5.41, 5.74) is 1.97. The Morgan fingerprint density at radius 1 is 1.13 bits per heavy atom. The molecule has 7 nitrogen and oxygen atoms in total. The first-order chi connectivity index (χ1) is 15.2. The van der Waals surface area contributed by atoms with Crippen LogP contribution in [0.2, 0.25) is 0 Å². The number of aromatic nitrogens is 1. The quantitative estimate of drug-likeness (QED) is 0.673. The molecule has 1 aliphatic carbocycles. The van der Waals surface area contributed by atoms with Crippen molar-refractivity contribution in [2.75, 3.05) is 18.4 Å². The standard InChI is InChI=1S/C23H30N4O3S/c28-21(26-22-24-20(16-31-22)14-27-11-5-2-6-12-27)18-9-10-19(13-18)25-23(29)30-15-17-7-3-1-4-8-17/h1,3-4,7-8,16,18-19H,2,5-6,9-15H2,(H,25,29)(H,24,26,28)/t18-,19-/m1/s1. The van der Waals surface area contributed by atoms with E-state index in [2.05, 4.69) is 20.5 Å². The Bertz CT molecular complexity index is 867. The van der Waals surface area contributed by atoms with Crippen LogP contribution >= 0.6 is 11.3 Å². The molecule has 2 fully saturated rings. The smallest absolute Gasteiger partial charge is 0.407 e. The van der Waals surface area contributed by atoms with Gasteiger partial charge in [-0.3, -0.25) is 9.69 Å². The first-order valence-electron chi connectivity index (χ1n) is 11.1. The summed E-state index contributed by atoms with van der Waals surface area (Å²) in [6.45, 7) is 3.35. The number of anilines is 1. The lowest BCUT2D eigenvalue weighted by Gasteiger charge is -2.25. The van der Waals surface area contributed by atoms with Crippen molar-refractivity contribution in [3.8, 4) is 0 Å². The number of nitrogens with one attached hydrogen (secondary N) is 2. The summed E-state index contributed by atoms with van der Waals surface area (Å²) >= 11 is 1.48. The van der Waals surface area contributed by atoms with E-state index in [9.17, 15) is 9.59 Å². The van der Waals surface area contributed by atoms with Crippen LogP contribution in [0.25, 0.3) is 0 Å². The highest BCUT2D eigenvalue weighted by Crippen LogP contribution is 2.28. The molecule has 31 heavy (non-hydrogen) atoms. The van der Waals surface area contributed by atoms with Crippen LogP contribution in [0, 0.1) is 5.92 Å². The molecule has 1 aromatic heterocycles. The largest absolute Gasteiger partial charge is 0.445 e. The topological polar surface area (TPSA) is 83.6 Å². The highest BCUT2D eigenvalue weighted by atomic mass is 32.1. The highest BCUT2D eigenvalue weighted by Gasteiger charge is 2.31. The molecule has 2 atom stereocenters. The van der Waals surface area contributed by atoms with Gasteiger partial charge in [-0.05, 0) is 50.8 Å². The minimum absolute atomic E-state index is 0.0131. The number of hydrogen-bond acceptors (Lipinski definition) is 6. The maximum Gasteiger partial charge on any atom is 0.407 e. The van der Waals surface area contributed by atoms with Crippen molar-refractivity contribution in [1.82, 2.24) is 15.2 Å². The van der Waals surface area contributed by atoms with E-state index in [4.69, 9.17) is 4.74 Å². The number of benzene rings is 1. The second-order valence-electron chi connectivity index (χ2n) is 8.38. The zero-order valence-electron chi connectivity index (χ0n) is 17.7. The molecule has 1 saturated carbocycles. The third kappa shape index (κ3) is 6.51. The fraction of sp³-hybridized carbons (Fsp3) is 0.522. The predicted molar refractivity (Wildman–Crippen MR) is 121 cm³/mol. The van der Waals surface area contributed by atoms with Crippen molar-refractivity contribution in [3.63, 3.8) is 0 Å². The second-order valence-corrected chi connectivity index (χ2v) is 9.24. The van der Waals surface area contributed by atoms with Crippen molar-refractivity contribution < 1.29 is 14.3 Å². The minimum Gasteiger partial charge on any atom is -0.445 e. The average Bonchev–Trinajstić information content (AvgIpc) is 3.43. The first-order valence-corrected chi connectivity index (χ1v) is 12.0. The van der Waals surface area contributed by atoms with Crippen LogP contribution in [0.5, 0.6) is 0 Å². The number of amides is 2. The molecule has 0 unspecified atom stereocenters. The third-order valence-corrected chi connectivity index (χ3v) is 6.76. The van der Waals surface area contributed by atoms with E-state index < -0.39 is 6.09 Å². The van der Waals surface area contributed by atoms with E-state index in [0.29, 0.717) is 11.6 Å². The number of thiazole rings is 1. The Hall–Kier alpha value is -2.45. The van der Waals surface area contributed by atoms with Gasteiger partial charge in [0.2, 0.25) is 5.91 Å². The van der Waals surface area contributed by atoms with Crippen LogP contribution < -0.4 is 10.6 Å². The summed E-state index contributed by atoms with van der Waals surface area (Å²) in [7, 11) is 0. The molecule has 0 spiro atoms. The molecule has 1 aromatic carbocycles. The Morgan fingerprint density at radius 2 is 1.94 bits per heavy atom. The van der Waals surface area contributed by atoms with E-state index in [1.54, 1.807) is 0 Å². The maximum absolute atomic E-state index is 12.7. The number of alkyl carbamates (subject to hydrolysis) is 1. The Balaban J connectivity index is 1.18. The summed E-state index contributed by atoms with van der Waals surface area (Å²) < 4.78 is 5.28. The monoisotopic (exact) mass is 442 g/mol. The molecule has 0 bridgehead atoms. The van der Waals surface area contributed by atoms with Crippen molar-refractivity contribution in [1.29, 1.82) is 0 Å². The SMILES string of the molecule is O=C(N[C@@H]1CC[C@@H](C(=O)Nc2nc(CN3CCCCC3)cs2)C1)OCc1ccccc1.